The Kier molecular flexibility index (Phi) is 7.71. The van der Waals surface area contributed by atoms with Crippen LogP contribution in [-0.4, -0.2) is 32.9 Å². The van der Waals surface area contributed by atoms with E-state index in [4.69, 9.17) is 11.2 Å². The van der Waals surface area contributed by atoms with E-state index in [1.807, 2.05) is 17.6 Å². The average Bonchev–Trinajstić information content (AvgIpc) is 3.56. The van der Waals surface area contributed by atoms with Crippen molar-refractivity contribution in [1.29, 1.82) is 0 Å². The lowest BCUT2D eigenvalue weighted by molar-refractivity contribution is 0.0982. The van der Waals surface area contributed by atoms with Crippen molar-refractivity contribution in [1.82, 2.24) is 15.8 Å². The number of thioether (sulfide) groups is 1. The highest BCUT2D eigenvalue weighted by Gasteiger charge is 2.52. The predicted octanol–water partition coefficient (Wildman–Crippen LogP) is 5.87. The van der Waals surface area contributed by atoms with Crippen molar-refractivity contribution in [3.63, 3.8) is 0 Å². The first-order valence-corrected chi connectivity index (χ1v) is 11.9. The monoisotopic (exact) mass is 515 g/mol. The zero-order chi connectivity index (χ0) is 25.7. The molecule has 2 aromatic carbocycles. The molecule has 0 spiro atoms. The van der Waals surface area contributed by atoms with E-state index in [0.717, 1.165) is 30.5 Å². The number of benzene rings is 2. The van der Waals surface area contributed by atoms with Gasteiger partial charge in [-0.05, 0) is 34.9 Å². The van der Waals surface area contributed by atoms with Gasteiger partial charge in [0.05, 0.1) is 11.3 Å². The number of nitrogens with one attached hydrogen (secondary N) is 1. The summed E-state index contributed by atoms with van der Waals surface area (Å²) in [6, 6.07) is 10.1. The maximum atomic E-state index is 13.5. The third-order valence-corrected chi connectivity index (χ3v) is 6.75. The SMILES string of the molecule is [C-]#[N+]C1(c2ccc(C(=O)CCCSc3nonc3C(=Nc3ccc(F)c(C(F)F)c3)NO)cc2)CC1. The van der Waals surface area contributed by atoms with Gasteiger partial charge in [0.1, 0.15) is 5.82 Å². The molecule has 1 aliphatic carbocycles. The number of hydroxylamine groups is 1. The lowest BCUT2D eigenvalue weighted by Gasteiger charge is -2.06. The minimum absolute atomic E-state index is 0.0288. The van der Waals surface area contributed by atoms with Crippen LogP contribution in [0.1, 0.15) is 59.3 Å². The number of aromatic nitrogens is 2. The fraction of sp³-hybridized carbons (Fsp3) is 0.292. The molecule has 0 amide bonds. The average molecular weight is 516 g/mol. The summed E-state index contributed by atoms with van der Waals surface area (Å²) < 4.78 is 44.2. The van der Waals surface area contributed by atoms with Gasteiger partial charge in [-0.25, -0.2) is 29.4 Å². The Labute approximate surface area is 208 Å². The molecule has 0 aliphatic heterocycles. The van der Waals surface area contributed by atoms with Gasteiger partial charge in [-0.15, -0.1) is 11.8 Å². The Bertz CT molecular complexity index is 1320. The topological polar surface area (TPSA) is 105 Å². The summed E-state index contributed by atoms with van der Waals surface area (Å²) in [5.74, 6) is -0.854. The van der Waals surface area contributed by atoms with Crippen LogP contribution < -0.4 is 5.48 Å². The Morgan fingerprint density at radius 3 is 2.64 bits per heavy atom. The number of Topliss-reactive ketones (excluding diaryl/α,β-unsaturated/α-hetero) is 1. The van der Waals surface area contributed by atoms with Gasteiger partial charge in [0.25, 0.3) is 12.0 Å². The number of halogens is 3. The zero-order valence-corrected chi connectivity index (χ0v) is 19.6. The summed E-state index contributed by atoms with van der Waals surface area (Å²) in [5, 5.41) is 17.2. The van der Waals surface area contributed by atoms with Gasteiger partial charge in [-0.3, -0.25) is 15.5 Å². The second-order valence-corrected chi connectivity index (χ2v) is 9.18. The molecule has 2 N–H and O–H groups in total. The van der Waals surface area contributed by atoms with Crippen LogP contribution in [0.3, 0.4) is 0 Å². The molecule has 0 unspecified atom stereocenters. The van der Waals surface area contributed by atoms with E-state index >= 15 is 0 Å². The molecule has 1 heterocycles. The van der Waals surface area contributed by atoms with Gasteiger partial charge < -0.3 is 4.85 Å². The molecule has 12 heteroatoms. The molecule has 1 aromatic heterocycles. The quantitative estimate of drug-likeness (QED) is 0.0662. The number of nitrogens with zero attached hydrogens (tertiary/aromatic N) is 4. The van der Waals surface area contributed by atoms with Crippen LogP contribution in [0.5, 0.6) is 0 Å². The van der Waals surface area contributed by atoms with Crippen LogP contribution in [0, 0.1) is 12.4 Å². The van der Waals surface area contributed by atoms with Crippen LogP contribution in [0.15, 0.2) is 57.1 Å². The van der Waals surface area contributed by atoms with E-state index in [9.17, 15) is 23.2 Å². The van der Waals surface area contributed by atoms with Crippen molar-refractivity contribution in [2.45, 2.75) is 42.7 Å². The third-order valence-electron chi connectivity index (χ3n) is 5.71. The van der Waals surface area contributed by atoms with Crippen molar-refractivity contribution < 1.29 is 27.8 Å². The van der Waals surface area contributed by atoms with E-state index in [1.54, 1.807) is 12.1 Å². The first-order chi connectivity index (χ1) is 17.4. The zero-order valence-electron chi connectivity index (χ0n) is 18.7. The standard InChI is InChI=1S/C24H20F3N5O3S/c1-28-24(10-11-24)15-6-4-14(5-7-15)19(33)3-2-12-36-23-20(31-35-32-23)22(30-34)29-16-8-9-18(25)17(13-16)21(26)27/h4-9,13,21,34H,2-3,10-12H2,(H,29,30). The van der Waals surface area contributed by atoms with Gasteiger partial charge in [0.15, 0.2) is 22.3 Å². The van der Waals surface area contributed by atoms with Gasteiger partial charge in [0.2, 0.25) is 0 Å². The van der Waals surface area contributed by atoms with E-state index in [2.05, 4.69) is 20.2 Å². The van der Waals surface area contributed by atoms with Crippen molar-refractivity contribution in [3.8, 4) is 0 Å². The molecule has 0 saturated heterocycles. The fourth-order valence-corrected chi connectivity index (χ4v) is 4.38. The van der Waals surface area contributed by atoms with Crippen molar-refractivity contribution in [2.24, 2.45) is 4.99 Å². The highest BCUT2D eigenvalue weighted by atomic mass is 32.2. The minimum atomic E-state index is -3.03. The number of rotatable bonds is 10. The highest BCUT2D eigenvalue weighted by molar-refractivity contribution is 7.99. The molecule has 1 fully saturated rings. The number of ketones is 1. The van der Waals surface area contributed by atoms with Crippen LogP contribution in [-0.2, 0) is 5.54 Å². The summed E-state index contributed by atoms with van der Waals surface area (Å²) >= 11 is 1.21. The van der Waals surface area contributed by atoms with Crippen molar-refractivity contribution >= 4 is 29.1 Å². The minimum Gasteiger partial charge on any atom is -0.305 e. The Morgan fingerprint density at radius 2 is 2.00 bits per heavy atom. The van der Waals surface area contributed by atoms with E-state index in [1.165, 1.54) is 17.8 Å². The molecule has 186 valence electrons. The van der Waals surface area contributed by atoms with Gasteiger partial charge in [0, 0.05) is 36.1 Å². The lowest BCUT2D eigenvalue weighted by atomic mass is 10.0. The third kappa shape index (κ3) is 5.58. The molecule has 1 saturated carbocycles. The number of alkyl halides is 2. The number of carbonyl (C=O) groups excluding carboxylic acids is 1. The molecule has 4 rings (SSSR count). The van der Waals surface area contributed by atoms with E-state index < -0.39 is 23.3 Å². The van der Waals surface area contributed by atoms with Gasteiger partial charge in [-0.1, -0.05) is 24.3 Å². The second kappa shape index (κ2) is 10.9. The van der Waals surface area contributed by atoms with Crippen molar-refractivity contribution in [2.75, 3.05) is 5.75 Å². The first-order valence-electron chi connectivity index (χ1n) is 10.9. The molecule has 0 bridgehead atoms. The fourth-order valence-electron chi connectivity index (χ4n) is 3.54. The van der Waals surface area contributed by atoms with Crippen LogP contribution in [0.4, 0.5) is 18.9 Å². The van der Waals surface area contributed by atoms with Crippen molar-refractivity contribution in [3.05, 3.63) is 82.1 Å². The predicted molar refractivity (Wildman–Crippen MR) is 125 cm³/mol. The number of carbonyl (C=O) groups is 1. The Morgan fingerprint density at radius 1 is 1.25 bits per heavy atom. The summed E-state index contributed by atoms with van der Waals surface area (Å²) in [7, 11) is 0. The normalized spacial score (nSPS) is 14.5. The van der Waals surface area contributed by atoms with Crippen LogP contribution in [0.2, 0.25) is 0 Å². The molecule has 3 aromatic rings. The Balaban J connectivity index is 1.35. The molecule has 8 nitrogen and oxygen atoms in total. The second-order valence-electron chi connectivity index (χ2n) is 8.09. The van der Waals surface area contributed by atoms with Crippen LogP contribution >= 0.6 is 11.8 Å². The molecular formula is C24H20F3N5O3S. The van der Waals surface area contributed by atoms with Gasteiger partial charge >= 0.3 is 0 Å². The van der Waals surface area contributed by atoms with E-state index in [0.29, 0.717) is 17.7 Å². The summed E-state index contributed by atoms with van der Waals surface area (Å²) in [4.78, 5) is 20.2. The molecule has 1 aliphatic rings. The molecular weight excluding hydrogens is 495 g/mol. The largest absolute Gasteiger partial charge is 0.305 e. The number of aliphatic imine (C=N–C) groups is 1. The first kappa shape index (κ1) is 25.4. The summed E-state index contributed by atoms with van der Waals surface area (Å²) in [5.41, 5.74) is 2.11. The van der Waals surface area contributed by atoms with E-state index in [-0.39, 0.29) is 34.4 Å². The Hall–Kier alpha value is -3.69. The maximum Gasteiger partial charge on any atom is 0.266 e. The highest BCUT2D eigenvalue weighted by Crippen LogP contribution is 2.49. The maximum absolute atomic E-state index is 13.5. The number of hydrogen-bond acceptors (Lipinski definition) is 7. The number of hydrogen-bond donors (Lipinski definition) is 2. The lowest BCUT2D eigenvalue weighted by Crippen LogP contribution is -2.21. The molecule has 0 atom stereocenters. The smallest absolute Gasteiger partial charge is 0.266 e. The summed E-state index contributed by atoms with van der Waals surface area (Å²) in [6.07, 6.45) is -0.540. The van der Waals surface area contributed by atoms with Gasteiger partial charge in [-0.2, -0.15) is 0 Å². The summed E-state index contributed by atoms with van der Waals surface area (Å²) in [6.45, 7) is 7.33. The molecule has 36 heavy (non-hydrogen) atoms. The molecule has 0 radical (unpaired) electrons. The van der Waals surface area contributed by atoms with Crippen LogP contribution in [0.25, 0.3) is 4.85 Å². The number of amidine groups is 1.